The number of methoxy groups -OCH3 is 1. The lowest BCUT2D eigenvalue weighted by Crippen LogP contribution is -2.28. The number of allylic oxidation sites excluding steroid dienone is 1. The number of hydrogen-bond donors (Lipinski definition) is 1. The van der Waals surface area contributed by atoms with E-state index in [-0.39, 0.29) is 11.8 Å². The molecule has 1 rings (SSSR count). The molecule has 18 heavy (non-hydrogen) atoms. The number of ketones is 1. The fourth-order valence-electron chi connectivity index (χ4n) is 1.51. The first-order valence-corrected chi connectivity index (χ1v) is 5.61. The van der Waals surface area contributed by atoms with E-state index in [4.69, 9.17) is 0 Å². The molecule has 96 valence electrons. The fraction of sp³-hybridized carbons (Fsp3) is 0.286. The Bertz CT molecular complexity index is 480. The number of anilines is 1. The number of carbonyl (C=O) groups excluding carboxylic acids is 2. The maximum absolute atomic E-state index is 11.9. The molecule has 0 radical (unpaired) electrons. The van der Waals surface area contributed by atoms with E-state index in [2.05, 4.69) is 16.6 Å². The minimum atomic E-state index is -0.519. The highest BCUT2D eigenvalue weighted by Crippen LogP contribution is 2.19. The normalized spacial score (nSPS) is 11.5. The molecule has 0 aliphatic rings. The average molecular weight is 247 g/mol. The Labute approximate surface area is 107 Å². The molecule has 0 unspecified atom stereocenters. The van der Waals surface area contributed by atoms with Crippen molar-refractivity contribution in [2.75, 3.05) is 12.4 Å². The number of benzene rings is 1. The Kier molecular flexibility index (Phi) is 4.66. The SMILES string of the molecule is C=C(C)C(=O)c1ccccc1N[C@@H](C)C(=O)OC. The van der Waals surface area contributed by atoms with Crippen molar-refractivity contribution in [2.45, 2.75) is 19.9 Å². The van der Waals surface area contributed by atoms with E-state index in [0.29, 0.717) is 16.8 Å². The molecule has 0 aliphatic carbocycles. The number of esters is 1. The van der Waals surface area contributed by atoms with Crippen LogP contribution in [0, 0.1) is 0 Å². The Morgan fingerprint density at radius 2 is 1.94 bits per heavy atom. The largest absolute Gasteiger partial charge is 0.467 e. The standard InChI is InChI=1S/C14H17NO3/c1-9(2)13(16)11-7-5-6-8-12(11)15-10(3)14(17)18-4/h5-8,10,15H,1H2,2-4H3/t10-/m0/s1. The number of hydrogen-bond acceptors (Lipinski definition) is 4. The Balaban J connectivity index is 2.99. The van der Waals surface area contributed by atoms with Crippen molar-refractivity contribution in [3.05, 3.63) is 42.0 Å². The molecule has 0 aliphatic heterocycles. The number of para-hydroxylation sites is 1. The van der Waals surface area contributed by atoms with Gasteiger partial charge in [-0.25, -0.2) is 4.79 Å². The molecule has 1 N–H and O–H groups in total. The quantitative estimate of drug-likeness (QED) is 0.493. The van der Waals surface area contributed by atoms with Crippen molar-refractivity contribution < 1.29 is 14.3 Å². The van der Waals surface area contributed by atoms with Crippen molar-refractivity contribution in [2.24, 2.45) is 0 Å². The summed E-state index contributed by atoms with van der Waals surface area (Å²) >= 11 is 0. The zero-order valence-corrected chi connectivity index (χ0v) is 10.8. The van der Waals surface area contributed by atoms with Crippen molar-refractivity contribution in [3.63, 3.8) is 0 Å². The number of ether oxygens (including phenoxy) is 1. The van der Waals surface area contributed by atoms with Gasteiger partial charge in [-0.2, -0.15) is 0 Å². The minimum absolute atomic E-state index is 0.143. The van der Waals surface area contributed by atoms with Crippen molar-refractivity contribution in [1.29, 1.82) is 0 Å². The second kappa shape index (κ2) is 6.00. The smallest absolute Gasteiger partial charge is 0.327 e. The third-order valence-corrected chi connectivity index (χ3v) is 2.49. The van der Waals surface area contributed by atoms with Gasteiger partial charge >= 0.3 is 5.97 Å². The van der Waals surface area contributed by atoms with Crippen molar-refractivity contribution in [3.8, 4) is 0 Å². The molecule has 0 amide bonds. The van der Waals surface area contributed by atoms with Gasteiger partial charge in [0.2, 0.25) is 0 Å². The van der Waals surface area contributed by atoms with Crippen LogP contribution in [0.3, 0.4) is 0 Å². The lowest BCUT2D eigenvalue weighted by molar-refractivity contribution is -0.141. The molecular formula is C14H17NO3. The van der Waals surface area contributed by atoms with Crippen LogP contribution < -0.4 is 5.32 Å². The summed E-state index contributed by atoms with van der Waals surface area (Å²) in [5, 5.41) is 2.96. The average Bonchev–Trinajstić information content (AvgIpc) is 2.37. The van der Waals surface area contributed by atoms with E-state index >= 15 is 0 Å². The Hall–Kier alpha value is -2.10. The summed E-state index contributed by atoms with van der Waals surface area (Å²) in [6, 6.07) is 6.49. The van der Waals surface area contributed by atoms with Gasteiger partial charge in [-0.05, 0) is 31.6 Å². The summed E-state index contributed by atoms with van der Waals surface area (Å²) in [6.07, 6.45) is 0. The third-order valence-electron chi connectivity index (χ3n) is 2.49. The molecule has 0 bridgehead atoms. The molecule has 1 aromatic rings. The van der Waals surface area contributed by atoms with E-state index in [1.165, 1.54) is 7.11 Å². The zero-order valence-electron chi connectivity index (χ0n) is 10.8. The topological polar surface area (TPSA) is 55.4 Å². The second-order valence-corrected chi connectivity index (χ2v) is 4.04. The first-order valence-electron chi connectivity index (χ1n) is 5.61. The van der Waals surface area contributed by atoms with Crippen LogP contribution >= 0.6 is 0 Å². The van der Waals surface area contributed by atoms with Crippen LogP contribution in [0.4, 0.5) is 5.69 Å². The van der Waals surface area contributed by atoms with Gasteiger partial charge in [-0.15, -0.1) is 0 Å². The lowest BCUT2D eigenvalue weighted by atomic mass is 10.0. The van der Waals surface area contributed by atoms with Gasteiger partial charge < -0.3 is 10.1 Å². The second-order valence-electron chi connectivity index (χ2n) is 4.04. The molecule has 0 saturated heterocycles. The maximum atomic E-state index is 11.9. The molecule has 4 nitrogen and oxygen atoms in total. The summed E-state index contributed by atoms with van der Waals surface area (Å²) in [7, 11) is 1.32. The highest BCUT2D eigenvalue weighted by atomic mass is 16.5. The summed E-state index contributed by atoms with van der Waals surface area (Å²) in [5.74, 6) is -0.525. The predicted molar refractivity (Wildman–Crippen MR) is 70.7 cm³/mol. The van der Waals surface area contributed by atoms with Gasteiger partial charge in [0.25, 0.3) is 0 Å². The van der Waals surface area contributed by atoms with E-state index in [1.807, 2.05) is 0 Å². The van der Waals surface area contributed by atoms with Gasteiger partial charge in [0.15, 0.2) is 5.78 Å². The van der Waals surface area contributed by atoms with E-state index in [1.54, 1.807) is 38.1 Å². The van der Waals surface area contributed by atoms with Gasteiger partial charge in [-0.3, -0.25) is 4.79 Å². The third kappa shape index (κ3) is 3.20. The number of nitrogens with one attached hydrogen (secondary N) is 1. The highest BCUT2D eigenvalue weighted by Gasteiger charge is 2.17. The molecule has 4 heteroatoms. The molecule has 1 aromatic carbocycles. The molecule has 1 atom stereocenters. The number of Topliss-reactive ketones (excluding diaryl/α,β-unsaturated/α-hetero) is 1. The van der Waals surface area contributed by atoms with Crippen molar-refractivity contribution in [1.82, 2.24) is 0 Å². The number of carbonyl (C=O) groups is 2. The van der Waals surface area contributed by atoms with Crippen molar-refractivity contribution >= 4 is 17.4 Å². The maximum Gasteiger partial charge on any atom is 0.327 e. The van der Waals surface area contributed by atoms with Crippen LogP contribution in [0.25, 0.3) is 0 Å². The van der Waals surface area contributed by atoms with E-state index in [0.717, 1.165) is 0 Å². The Morgan fingerprint density at radius 3 is 2.50 bits per heavy atom. The van der Waals surface area contributed by atoms with Crippen LogP contribution in [0.2, 0.25) is 0 Å². The summed E-state index contributed by atoms with van der Waals surface area (Å²) in [4.78, 5) is 23.3. The van der Waals surface area contributed by atoms with Gasteiger partial charge in [0.05, 0.1) is 7.11 Å². The number of rotatable bonds is 5. The first-order chi connectivity index (χ1) is 8.47. The summed E-state index contributed by atoms with van der Waals surface area (Å²) in [5.41, 5.74) is 1.55. The summed E-state index contributed by atoms with van der Waals surface area (Å²) in [6.45, 7) is 6.96. The Morgan fingerprint density at radius 1 is 1.33 bits per heavy atom. The van der Waals surface area contributed by atoms with E-state index < -0.39 is 6.04 Å². The summed E-state index contributed by atoms with van der Waals surface area (Å²) < 4.78 is 4.63. The molecule has 0 saturated carbocycles. The zero-order chi connectivity index (χ0) is 13.7. The van der Waals surface area contributed by atoms with Crippen LogP contribution in [-0.2, 0) is 9.53 Å². The highest BCUT2D eigenvalue weighted by molar-refractivity contribution is 6.11. The van der Waals surface area contributed by atoms with Crippen LogP contribution in [0.5, 0.6) is 0 Å². The molecule has 0 aromatic heterocycles. The van der Waals surface area contributed by atoms with Crippen LogP contribution in [0.15, 0.2) is 36.4 Å². The fourth-order valence-corrected chi connectivity index (χ4v) is 1.51. The first kappa shape index (κ1) is 14.0. The lowest BCUT2D eigenvalue weighted by Gasteiger charge is -2.15. The van der Waals surface area contributed by atoms with Crippen LogP contribution in [0.1, 0.15) is 24.2 Å². The van der Waals surface area contributed by atoms with Crippen LogP contribution in [-0.4, -0.2) is 24.9 Å². The molecule has 0 spiro atoms. The van der Waals surface area contributed by atoms with Gasteiger partial charge in [0, 0.05) is 11.3 Å². The predicted octanol–water partition coefficient (Wildman–Crippen LogP) is 2.42. The minimum Gasteiger partial charge on any atom is -0.467 e. The van der Waals surface area contributed by atoms with E-state index in [9.17, 15) is 9.59 Å². The molecular weight excluding hydrogens is 230 g/mol. The molecule has 0 fully saturated rings. The monoisotopic (exact) mass is 247 g/mol. The molecule has 0 heterocycles. The van der Waals surface area contributed by atoms with Gasteiger partial charge in [-0.1, -0.05) is 18.7 Å². The van der Waals surface area contributed by atoms with Gasteiger partial charge in [0.1, 0.15) is 6.04 Å².